The molecule has 1 N–H and O–H groups in total. The van der Waals surface area contributed by atoms with E-state index in [9.17, 15) is 9.18 Å². The lowest BCUT2D eigenvalue weighted by Crippen LogP contribution is -2.58. The minimum absolute atomic E-state index is 0.00155. The summed E-state index contributed by atoms with van der Waals surface area (Å²) in [6.45, 7) is 6.39. The largest absolute Gasteiger partial charge is 0.483 e. The van der Waals surface area contributed by atoms with Crippen LogP contribution in [0, 0.1) is 5.82 Å². The monoisotopic (exact) mass is 395 g/mol. The van der Waals surface area contributed by atoms with Crippen LogP contribution in [0.2, 0.25) is 0 Å². The van der Waals surface area contributed by atoms with Gasteiger partial charge in [-0.25, -0.2) is 4.39 Å². The SMILES string of the molecule is C[C@@H]1CN(Cc2ccc(F)cc2)[C@@H](C)CN1C(=O)COc1cccc2[nH]ccc12. The standard InChI is InChI=1S/C23H26FN3O2/c1-16-13-27(17(2)12-26(16)14-18-6-8-19(24)9-7-18)23(28)15-29-22-5-3-4-21-20(22)10-11-25-21/h3-11,16-17,25H,12-15H2,1-2H3/t16-,17+/m0/s1. The minimum Gasteiger partial charge on any atom is -0.483 e. The van der Waals surface area contributed by atoms with Crippen molar-refractivity contribution in [1.29, 1.82) is 0 Å². The summed E-state index contributed by atoms with van der Waals surface area (Å²) in [5.74, 6) is 0.493. The van der Waals surface area contributed by atoms with Crippen molar-refractivity contribution in [2.24, 2.45) is 0 Å². The molecule has 0 unspecified atom stereocenters. The summed E-state index contributed by atoms with van der Waals surface area (Å²) >= 11 is 0. The first-order valence-electron chi connectivity index (χ1n) is 9.98. The molecule has 5 nitrogen and oxygen atoms in total. The summed E-state index contributed by atoms with van der Waals surface area (Å²) < 4.78 is 19.0. The molecule has 152 valence electrons. The van der Waals surface area contributed by atoms with Gasteiger partial charge >= 0.3 is 0 Å². The van der Waals surface area contributed by atoms with E-state index < -0.39 is 0 Å². The van der Waals surface area contributed by atoms with Gasteiger partial charge in [-0.2, -0.15) is 0 Å². The van der Waals surface area contributed by atoms with Crippen LogP contribution in [0.25, 0.3) is 10.9 Å². The molecule has 1 saturated heterocycles. The van der Waals surface area contributed by atoms with E-state index in [0.717, 1.165) is 29.6 Å². The van der Waals surface area contributed by atoms with Crippen LogP contribution >= 0.6 is 0 Å². The number of benzene rings is 2. The Balaban J connectivity index is 1.36. The molecule has 1 aliphatic rings. The Labute approximate surface area is 170 Å². The maximum atomic E-state index is 13.1. The van der Waals surface area contributed by atoms with Crippen molar-refractivity contribution >= 4 is 16.8 Å². The van der Waals surface area contributed by atoms with Crippen molar-refractivity contribution in [3.63, 3.8) is 0 Å². The molecule has 29 heavy (non-hydrogen) atoms. The first kappa shape index (κ1) is 19.5. The zero-order valence-corrected chi connectivity index (χ0v) is 16.8. The van der Waals surface area contributed by atoms with Gasteiger partial charge in [0.25, 0.3) is 5.91 Å². The highest BCUT2D eigenvalue weighted by Crippen LogP contribution is 2.25. The van der Waals surface area contributed by atoms with E-state index in [4.69, 9.17) is 4.74 Å². The van der Waals surface area contributed by atoms with Crippen molar-refractivity contribution in [2.75, 3.05) is 19.7 Å². The number of aromatic nitrogens is 1. The van der Waals surface area contributed by atoms with Gasteiger partial charge in [-0.1, -0.05) is 18.2 Å². The summed E-state index contributed by atoms with van der Waals surface area (Å²) in [5.41, 5.74) is 2.07. The molecular weight excluding hydrogens is 369 g/mol. The van der Waals surface area contributed by atoms with Gasteiger partial charge in [-0.05, 0) is 49.7 Å². The molecule has 2 heterocycles. The fourth-order valence-electron chi connectivity index (χ4n) is 4.00. The number of piperazine rings is 1. The van der Waals surface area contributed by atoms with E-state index in [0.29, 0.717) is 12.3 Å². The van der Waals surface area contributed by atoms with Crippen molar-refractivity contribution in [1.82, 2.24) is 14.8 Å². The van der Waals surface area contributed by atoms with Crippen molar-refractivity contribution < 1.29 is 13.9 Å². The number of ether oxygens (including phenoxy) is 1. The number of hydrogen-bond donors (Lipinski definition) is 1. The molecule has 2 aromatic carbocycles. The maximum Gasteiger partial charge on any atom is 0.260 e. The number of rotatable bonds is 5. The molecule has 3 aromatic rings. The Kier molecular flexibility index (Phi) is 5.53. The summed E-state index contributed by atoms with van der Waals surface area (Å²) in [7, 11) is 0. The van der Waals surface area contributed by atoms with Crippen LogP contribution in [0.3, 0.4) is 0 Å². The maximum absolute atomic E-state index is 13.1. The van der Waals surface area contributed by atoms with Crippen molar-refractivity contribution in [3.8, 4) is 5.75 Å². The number of carbonyl (C=O) groups excluding carboxylic acids is 1. The van der Waals surface area contributed by atoms with Crippen LogP contribution in [-0.4, -0.2) is 52.5 Å². The number of H-pyrrole nitrogens is 1. The molecule has 1 aliphatic heterocycles. The number of carbonyl (C=O) groups is 1. The highest BCUT2D eigenvalue weighted by molar-refractivity contribution is 5.86. The van der Waals surface area contributed by atoms with E-state index >= 15 is 0 Å². The molecule has 0 saturated carbocycles. The van der Waals surface area contributed by atoms with Crippen LogP contribution in [0.15, 0.2) is 54.7 Å². The van der Waals surface area contributed by atoms with E-state index in [2.05, 4.69) is 23.7 Å². The Morgan fingerprint density at radius 2 is 1.90 bits per heavy atom. The molecule has 6 heteroatoms. The molecule has 0 aliphatic carbocycles. The van der Waals surface area contributed by atoms with Gasteiger partial charge in [0.2, 0.25) is 0 Å². The number of fused-ring (bicyclic) bond motifs is 1. The molecule has 1 amide bonds. The second-order valence-electron chi connectivity index (χ2n) is 7.78. The van der Waals surface area contributed by atoms with Crippen LogP contribution in [0.4, 0.5) is 4.39 Å². The zero-order chi connectivity index (χ0) is 20.4. The van der Waals surface area contributed by atoms with Gasteiger partial charge in [0.05, 0.1) is 0 Å². The van der Waals surface area contributed by atoms with E-state index in [1.807, 2.05) is 47.5 Å². The molecule has 0 spiro atoms. The van der Waals surface area contributed by atoms with E-state index in [1.165, 1.54) is 12.1 Å². The lowest BCUT2D eigenvalue weighted by atomic mass is 10.1. The lowest BCUT2D eigenvalue weighted by Gasteiger charge is -2.44. The topological polar surface area (TPSA) is 48.6 Å². The van der Waals surface area contributed by atoms with Crippen LogP contribution < -0.4 is 4.74 Å². The van der Waals surface area contributed by atoms with Crippen LogP contribution in [0.5, 0.6) is 5.75 Å². The number of nitrogens with one attached hydrogen (secondary N) is 1. The van der Waals surface area contributed by atoms with Gasteiger partial charge in [-0.15, -0.1) is 0 Å². The fourth-order valence-corrected chi connectivity index (χ4v) is 4.00. The van der Waals surface area contributed by atoms with Crippen molar-refractivity contribution in [2.45, 2.75) is 32.5 Å². The van der Waals surface area contributed by atoms with Crippen LogP contribution in [0.1, 0.15) is 19.4 Å². The number of hydrogen-bond acceptors (Lipinski definition) is 3. The smallest absolute Gasteiger partial charge is 0.260 e. The number of nitrogens with zero attached hydrogens (tertiary/aromatic N) is 2. The van der Waals surface area contributed by atoms with Crippen LogP contribution in [-0.2, 0) is 11.3 Å². The van der Waals surface area contributed by atoms with Gasteiger partial charge < -0.3 is 14.6 Å². The Bertz CT molecular complexity index is 985. The Morgan fingerprint density at radius 3 is 2.69 bits per heavy atom. The number of amides is 1. The molecule has 4 rings (SSSR count). The van der Waals surface area contributed by atoms with Gasteiger partial charge in [-0.3, -0.25) is 9.69 Å². The van der Waals surface area contributed by atoms with E-state index in [1.54, 1.807) is 0 Å². The highest BCUT2D eigenvalue weighted by Gasteiger charge is 2.32. The molecular formula is C23H26FN3O2. The summed E-state index contributed by atoms with van der Waals surface area (Å²) in [5, 5.41) is 0.978. The molecule has 0 radical (unpaired) electrons. The molecule has 2 atom stereocenters. The van der Waals surface area contributed by atoms with Gasteiger partial charge in [0, 0.05) is 48.8 Å². The Morgan fingerprint density at radius 1 is 1.10 bits per heavy atom. The average molecular weight is 395 g/mol. The summed E-state index contributed by atoms with van der Waals surface area (Å²) in [6.07, 6.45) is 1.86. The first-order valence-corrected chi connectivity index (χ1v) is 9.98. The van der Waals surface area contributed by atoms with E-state index in [-0.39, 0.29) is 30.4 Å². The van der Waals surface area contributed by atoms with Crippen molar-refractivity contribution in [3.05, 3.63) is 66.1 Å². The zero-order valence-electron chi connectivity index (χ0n) is 16.8. The molecule has 0 bridgehead atoms. The third-order valence-corrected chi connectivity index (χ3v) is 5.64. The normalized spacial score (nSPS) is 20.2. The van der Waals surface area contributed by atoms with Gasteiger partial charge in [0.15, 0.2) is 6.61 Å². The number of aromatic amines is 1. The van der Waals surface area contributed by atoms with Gasteiger partial charge in [0.1, 0.15) is 11.6 Å². The first-order chi connectivity index (χ1) is 14.0. The number of halogens is 1. The Hall–Kier alpha value is -2.86. The highest BCUT2D eigenvalue weighted by atomic mass is 19.1. The molecule has 1 aromatic heterocycles. The quantitative estimate of drug-likeness (QED) is 0.715. The minimum atomic E-state index is -0.221. The predicted molar refractivity (Wildman–Crippen MR) is 111 cm³/mol. The lowest BCUT2D eigenvalue weighted by molar-refractivity contribution is -0.139. The predicted octanol–water partition coefficient (Wildman–Crippen LogP) is 3.81. The fraction of sp³-hybridized carbons (Fsp3) is 0.348. The second kappa shape index (κ2) is 8.25. The summed E-state index contributed by atoms with van der Waals surface area (Å²) in [6, 6.07) is 14.7. The second-order valence-corrected chi connectivity index (χ2v) is 7.78. The average Bonchev–Trinajstić information content (AvgIpc) is 3.20. The summed E-state index contributed by atoms with van der Waals surface area (Å²) in [4.78, 5) is 20.2. The molecule has 1 fully saturated rings. The third-order valence-electron chi connectivity index (χ3n) is 5.64. The third kappa shape index (κ3) is 4.27.